The predicted octanol–water partition coefficient (Wildman–Crippen LogP) is 1.85. The maximum Gasteiger partial charge on any atom is 0.325 e. The van der Waals surface area contributed by atoms with Gasteiger partial charge in [-0.15, -0.1) is 0 Å². The maximum atomic E-state index is 14.0. The van der Waals surface area contributed by atoms with Crippen molar-refractivity contribution < 1.29 is 23.7 Å². The molecule has 1 atom stereocenters. The summed E-state index contributed by atoms with van der Waals surface area (Å²) in [5.74, 6) is -1.33. The van der Waals surface area contributed by atoms with Crippen molar-refractivity contribution in [2.75, 3.05) is 37.6 Å². The van der Waals surface area contributed by atoms with Crippen molar-refractivity contribution in [3.8, 4) is 0 Å². The number of nitrogens with one attached hydrogen (secondary N) is 1. The Kier molecular flexibility index (Phi) is 5.71. The molecule has 4 amide bonds. The van der Waals surface area contributed by atoms with Crippen LogP contribution in [0.5, 0.6) is 0 Å². The molecule has 11 heteroatoms. The predicted molar refractivity (Wildman–Crippen MR) is 116 cm³/mol. The van der Waals surface area contributed by atoms with E-state index in [1.54, 1.807) is 23.1 Å². The number of benzene rings is 2. The van der Waals surface area contributed by atoms with Crippen LogP contribution in [0.25, 0.3) is 0 Å². The van der Waals surface area contributed by atoms with Gasteiger partial charge in [0.15, 0.2) is 0 Å². The van der Waals surface area contributed by atoms with E-state index in [0.717, 1.165) is 4.90 Å². The van der Waals surface area contributed by atoms with Crippen molar-refractivity contribution in [3.63, 3.8) is 0 Å². The van der Waals surface area contributed by atoms with Crippen LogP contribution in [0, 0.1) is 15.9 Å². The highest BCUT2D eigenvalue weighted by molar-refractivity contribution is 6.09. The van der Waals surface area contributed by atoms with Gasteiger partial charge in [0, 0.05) is 38.3 Å². The number of nitrogens with zero attached hydrogens (tertiary/aromatic N) is 4. The average Bonchev–Trinajstić information content (AvgIpc) is 3.03. The van der Waals surface area contributed by atoms with Crippen LogP contribution >= 0.6 is 0 Å². The van der Waals surface area contributed by atoms with Crippen molar-refractivity contribution >= 4 is 29.2 Å². The number of urea groups is 1. The number of imide groups is 1. The zero-order valence-electron chi connectivity index (χ0n) is 17.9. The van der Waals surface area contributed by atoms with E-state index >= 15 is 0 Å². The molecule has 10 nitrogen and oxygen atoms in total. The van der Waals surface area contributed by atoms with E-state index < -0.39 is 28.9 Å². The Morgan fingerprint density at radius 1 is 1.09 bits per heavy atom. The zero-order chi connectivity index (χ0) is 23.8. The lowest BCUT2D eigenvalue weighted by Gasteiger charge is -2.36. The van der Waals surface area contributed by atoms with Crippen LogP contribution in [-0.2, 0) is 15.1 Å². The van der Waals surface area contributed by atoms with Gasteiger partial charge in [-0.2, -0.15) is 0 Å². The average molecular weight is 455 g/mol. The van der Waals surface area contributed by atoms with Crippen LogP contribution in [0.2, 0.25) is 0 Å². The van der Waals surface area contributed by atoms with Crippen LogP contribution < -0.4 is 10.2 Å². The summed E-state index contributed by atoms with van der Waals surface area (Å²) in [6, 6.07) is 11.0. The number of carbonyl (C=O) groups excluding carboxylic acids is 3. The van der Waals surface area contributed by atoms with Gasteiger partial charge >= 0.3 is 6.03 Å². The number of amides is 4. The topological polar surface area (TPSA) is 116 Å². The molecule has 0 spiro atoms. The Bertz CT molecular complexity index is 1120. The molecule has 0 saturated carbocycles. The van der Waals surface area contributed by atoms with Gasteiger partial charge in [0.2, 0.25) is 5.91 Å². The number of halogens is 1. The van der Waals surface area contributed by atoms with E-state index in [0.29, 0.717) is 37.4 Å². The van der Waals surface area contributed by atoms with E-state index in [1.165, 1.54) is 37.3 Å². The van der Waals surface area contributed by atoms with Crippen LogP contribution in [0.1, 0.15) is 12.5 Å². The number of hydrogen-bond acceptors (Lipinski definition) is 6. The van der Waals surface area contributed by atoms with Gasteiger partial charge in [0.25, 0.3) is 11.6 Å². The van der Waals surface area contributed by atoms with Crippen LogP contribution in [-0.4, -0.2) is 65.3 Å². The molecule has 2 fully saturated rings. The zero-order valence-corrected chi connectivity index (χ0v) is 17.9. The number of anilines is 1. The third-order valence-electron chi connectivity index (χ3n) is 6.05. The fraction of sp³-hybridized carbons (Fsp3) is 0.318. The molecule has 2 saturated heterocycles. The minimum atomic E-state index is -1.43. The molecule has 2 heterocycles. The molecule has 2 aliphatic rings. The number of non-ortho nitro benzene ring substituents is 1. The molecule has 0 radical (unpaired) electrons. The van der Waals surface area contributed by atoms with Gasteiger partial charge in [0.05, 0.1) is 10.6 Å². The van der Waals surface area contributed by atoms with E-state index in [9.17, 15) is 28.9 Å². The van der Waals surface area contributed by atoms with Crippen molar-refractivity contribution in [3.05, 3.63) is 70.0 Å². The van der Waals surface area contributed by atoms with Crippen LogP contribution in [0.4, 0.5) is 20.6 Å². The van der Waals surface area contributed by atoms with Crippen LogP contribution in [0.3, 0.4) is 0 Å². The molecular formula is C22H22FN5O5. The normalized spacial score (nSPS) is 20.7. The molecule has 0 aliphatic carbocycles. The number of carbonyl (C=O) groups is 3. The summed E-state index contributed by atoms with van der Waals surface area (Å²) < 4.78 is 14.0. The molecule has 2 aromatic carbocycles. The minimum absolute atomic E-state index is 0.138. The Morgan fingerprint density at radius 3 is 2.33 bits per heavy atom. The first kappa shape index (κ1) is 22.2. The third kappa shape index (κ3) is 4.09. The highest BCUT2D eigenvalue weighted by Crippen LogP contribution is 2.30. The quantitative estimate of drug-likeness (QED) is 0.418. The first-order chi connectivity index (χ1) is 15.7. The Hall–Kier alpha value is -4.02. The number of para-hydroxylation sites is 1. The maximum absolute atomic E-state index is 14.0. The largest absolute Gasteiger partial charge is 0.366 e. The summed E-state index contributed by atoms with van der Waals surface area (Å²) in [7, 11) is 0. The second-order valence-corrected chi connectivity index (χ2v) is 8.07. The fourth-order valence-electron chi connectivity index (χ4n) is 4.09. The highest BCUT2D eigenvalue weighted by Gasteiger charge is 2.49. The second kappa shape index (κ2) is 8.49. The Morgan fingerprint density at radius 2 is 1.73 bits per heavy atom. The summed E-state index contributed by atoms with van der Waals surface area (Å²) >= 11 is 0. The molecule has 2 aliphatic heterocycles. The van der Waals surface area contributed by atoms with E-state index in [-0.39, 0.29) is 17.4 Å². The van der Waals surface area contributed by atoms with Crippen molar-refractivity contribution in [2.24, 2.45) is 0 Å². The van der Waals surface area contributed by atoms with E-state index in [2.05, 4.69) is 5.32 Å². The Labute approximate surface area is 188 Å². The fourth-order valence-corrected chi connectivity index (χ4v) is 4.09. The lowest BCUT2D eigenvalue weighted by atomic mass is 9.92. The standard InChI is InChI=1S/C22H22FN5O5/c1-22(15-6-8-16(9-7-15)28(32)33)20(30)27(21(31)24-22)14-19(29)26-12-10-25(11-13-26)18-5-3-2-4-17(18)23/h2-9H,10-14H2,1H3,(H,24,31). The van der Waals surface area contributed by atoms with Gasteiger partial charge in [-0.3, -0.25) is 24.6 Å². The first-order valence-corrected chi connectivity index (χ1v) is 10.4. The van der Waals surface area contributed by atoms with Gasteiger partial charge in [0.1, 0.15) is 17.9 Å². The summed E-state index contributed by atoms with van der Waals surface area (Å²) in [4.78, 5) is 52.9. The monoisotopic (exact) mass is 455 g/mol. The second-order valence-electron chi connectivity index (χ2n) is 8.07. The third-order valence-corrected chi connectivity index (χ3v) is 6.05. The lowest BCUT2D eigenvalue weighted by Crippen LogP contribution is -2.52. The number of nitro groups is 1. The number of piperazine rings is 1. The smallest absolute Gasteiger partial charge is 0.325 e. The highest BCUT2D eigenvalue weighted by atomic mass is 19.1. The molecule has 2 aromatic rings. The van der Waals surface area contributed by atoms with Crippen molar-refractivity contribution in [1.29, 1.82) is 0 Å². The minimum Gasteiger partial charge on any atom is -0.366 e. The van der Waals surface area contributed by atoms with Crippen molar-refractivity contribution in [1.82, 2.24) is 15.1 Å². The summed E-state index contributed by atoms with van der Waals surface area (Å²) in [6.45, 7) is 2.58. The summed E-state index contributed by atoms with van der Waals surface area (Å²) in [6.07, 6.45) is 0. The van der Waals surface area contributed by atoms with Gasteiger partial charge in [-0.1, -0.05) is 12.1 Å². The van der Waals surface area contributed by atoms with Crippen molar-refractivity contribution in [2.45, 2.75) is 12.5 Å². The van der Waals surface area contributed by atoms with E-state index in [1.807, 2.05) is 4.90 Å². The van der Waals surface area contributed by atoms with Gasteiger partial charge in [-0.25, -0.2) is 9.18 Å². The van der Waals surface area contributed by atoms with Crippen LogP contribution in [0.15, 0.2) is 48.5 Å². The SMILES string of the molecule is CC1(c2ccc([N+](=O)[O-])cc2)NC(=O)N(CC(=O)N2CCN(c3ccccc3F)CC2)C1=O. The molecule has 0 bridgehead atoms. The molecule has 172 valence electrons. The molecule has 0 aromatic heterocycles. The molecular weight excluding hydrogens is 433 g/mol. The summed E-state index contributed by atoms with van der Waals surface area (Å²) in [5.41, 5.74) is -0.728. The number of rotatable bonds is 5. The first-order valence-electron chi connectivity index (χ1n) is 10.4. The molecule has 33 heavy (non-hydrogen) atoms. The number of nitro benzene ring substituents is 1. The van der Waals surface area contributed by atoms with Gasteiger partial charge < -0.3 is 15.1 Å². The van der Waals surface area contributed by atoms with E-state index in [4.69, 9.17) is 0 Å². The summed E-state index contributed by atoms with van der Waals surface area (Å²) in [5, 5.41) is 13.5. The number of hydrogen-bond donors (Lipinski definition) is 1. The Balaban J connectivity index is 1.40. The van der Waals surface area contributed by atoms with Gasteiger partial charge in [-0.05, 0) is 36.8 Å². The molecule has 1 unspecified atom stereocenters. The molecule has 1 N–H and O–H groups in total. The lowest BCUT2D eigenvalue weighted by molar-refractivity contribution is -0.384. The molecule has 4 rings (SSSR count).